The van der Waals surface area contributed by atoms with Gasteiger partial charge in [0.2, 0.25) is 0 Å². The first-order valence-corrected chi connectivity index (χ1v) is 5.43. The van der Waals surface area contributed by atoms with Gasteiger partial charge in [0.1, 0.15) is 0 Å². The standard InChI is InChI=1S/C13H15N3/c1-2-12(14)10-4-3-5-11(8-10)13-9-15-6-7-16-13/h3-9,12H,2,14H2,1H3. The smallest absolute Gasteiger partial charge is 0.0885 e. The Kier molecular flexibility index (Phi) is 3.27. The van der Waals surface area contributed by atoms with E-state index in [9.17, 15) is 0 Å². The minimum Gasteiger partial charge on any atom is -0.324 e. The summed E-state index contributed by atoms with van der Waals surface area (Å²) in [5.74, 6) is 0. The Bertz CT molecular complexity index is 454. The normalized spacial score (nSPS) is 12.4. The van der Waals surface area contributed by atoms with Gasteiger partial charge >= 0.3 is 0 Å². The molecule has 1 atom stereocenters. The second-order valence-corrected chi connectivity index (χ2v) is 3.73. The summed E-state index contributed by atoms with van der Waals surface area (Å²) in [6.45, 7) is 2.08. The van der Waals surface area contributed by atoms with Crippen LogP contribution in [0.2, 0.25) is 0 Å². The molecule has 1 aromatic carbocycles. The highest BCUT2D eigenvalue weighted by atomic mass is 14.8. The molecule has 0 aliphatic carbocycles. The topological polar surface area (TPSA) is 51.8 Å². The van der Waals surface area contributed by atoms with Crippen LogP contribution in [-0.4, -0.2) is 9.97 Å². The van der Waals surface area contributed by atoms with Crippen LogP contribution in [-0.2, 0) is 0 Å². The van der Waals surface area contributed by atoms with Crippen molar-refractivity contribution in [2.45, 2.75) is 19.4 Å². The maximum atomic E-state index is 6.01. The van der Waals surface area contributed by atoms with E-state index in [0.29, 0.717) is 0 Å². The van der Waals surface area contributed by atoms with E-state index in [-0.39, 0.29) is 6.04 Å². The minimum absolute atomic E-state index is 0.0941. The van der Waals surface area contributed by atoms with E-state index >= 15 is 0 Å². The number of benzene rings is 1. The first kappa shape index (κ1) is 10.8. The fourth-order valence-electron chi connectivity index (χ4n) is 1.61. The molecule has 3 heteroatoms. The lowest BCUT2D eigenvalue weighted by molar-refractivity contribution is 0.699. The first-order valence-electron chi connectivity index (χ1n) is 5.43. The number of hydrogen-bond acceptors (Lipinski definition) is 3. The summed E-state index contributed by atoms with van der Waals surface area (Å²) in [4.78, 5) is 8.33. The molecule has 16 heavy (non-hydrogen) atoms. The highest BCUT2D eigenvalue weighted by Crippen LogP contribution is 2.21. The third kappa shape index (κ3) is 2.25. The molecule has 2 aromatic rings. The van der Waals surface area contributed by atoms with Gasteiger partial charge in [0, 0.05) is 24.0 Å². The minimum atomic E-state index is 0.0941. The summed E-state index contributed by atoms with van der Waals surface area (Å²) in [5.41, 5.74) is 9.10. The third-order valence-corrected chi connectivity index (χ3v) is 2.61. The summed E-state index contributed by atoms with van der Waals surface area (Å²) < 4.78 is 0. The van der Waals surface area contributed by atoms with Crippen molar-refractivity contribution in [2.75, 3.05) is 0 Å². The highest BCUT2D eigenvalue weighted by molar-refractivity contribution is 5.59. The largest absolute Gasteiger partial charge is 0.324 e. The number of nitrogens with zero attached hydrogens (tertiary/aromatic N) is 2. The second-order valence-electron chi connectivity index (χ2n) is 3.73. The molecular weight excluding hydrogens is 198 g/mol. The summed E-state index contributed by atoms with van der Waals surface area (Å²) in [6, 6.07) is 8.26. The molecule has 0 amide bonds. The lowest BCUT2D eigenvalue weighted by Gasteiger charge is -2.10. The van der Waals surface area contributed by atoms with Gasteiger partial charge in [0.15, 0.2) is 0 Å². The molecule has 0 saturated heterocycles. The van der Waals surface area contributed by atoms with Crippen LogP contribution in [0.25, 0.3) is 11.3 Å². The van der Waals surface area contributed by atoms with Crippen LogP contribution < -0.4 is 5.73 Å². The van der Waals surface area contributed by atoms with E-state index in [4.69, 9.17) is 5.73 Å². The molecule has 2 N–H and O–H groups in total. The van der Waals surface area contributed by atoms with Crippen molar-refractivity contribution in [3.8, 4) is 11.3 Å². The fourth-order valence-corrected chi connectivity index (χ4v) is 1.61. The van der Waals surface area contributed by atoms with Gasteiger partial charge in [-0.05, 0) is 18.1 Å². The molecule has 0 spiro atoms. The summed E-state index contributed by atoms with van der Waals surface area (Å²) in [5, 5.41) is 0. The SMILES string of the molecule is CCC(N)c1cccc(-c2cnccn2)c1. The molecule has 0 fully saturated rings. The average molecular weight is 213 g/mol. The molecule has 0 radical (unpaired) electrons. The molecule has 1 unspecified atom stereocenters. The lowest BCUT2D eigenvalue weighted by Crippen LogP contribution is -2.08. The van der Waals surface area contributed by atoms with Gasteiger partial charge in [0.25, 0.3) is 0 Å². The van der Waals surface area contributed by atoms with Crippen molar-refractivity contribution in [1.29, 1.82) is 0 Å². The van der Waals surface area contributed by atoms with Crippen LogP contribution in [0.1, 0.15) is 24.9 Å². The Balaban J connectivity index is 2.36. The van der Waals surface area contributed by atoms with Crippen molar-refractivity contribution in [3.05, 3.63) is 48.4 Å². The monoisotopic (exact) mass is 213 g/mol. The van der Waals surface area contributed by atoms with Crippen LogP contribution in [0.4, 0.5) is 0 Å². The molecule has 82 valence electrons. The van der Waals surface area contributed by atoms with Gasteiger partial charge < -0.3 is 5.73 Å². The number of nitrogens with two attached hydrogens (primary N) is 1. The molecular formula is C13H15N3. The molecule has 0 aliphatic heterocycles. The maximum Gasteiger partial charge on any atom is 0.0885 e. The zero-order chi connectivity index (χ0) is 11.4. The van der Waals surface area contributed by atoms with Crippen molar-refractivity contribution >= 4 is 0 Å². The Morgan fingerprint density at radius 3 is 2.88 bits per heavy atom. The van der Waals surface area contributed by atoms with Crippen molar-refractivity contribution in [1.82, 2.24) is 9.97 Å². The van der Waals surface area contributed by atoms with E-state index < -0.39 is 0 Å². The van der Waals surface area contributed by atoms with Gasteiger partial charge in [-0.3, -0.25) is 9.97 Å². The highest BCUT2D eigenvalue weighted by Gasteiger charge is 2.05. The number of hydrogen-bond donors (Lipinski definition) is 1. The summed E-state index contributed by atoms with van der Waals surface area (Å²) in [6.07, 6.45) is 6.06. The van der Waals surface area contributed by atoms with Gasteiger partial charge in [-0.1, -0.05) is 25.1 Å². The van der Waals surface area contributed by atoms with Gasteiger partial charge in [-0.15, -0.1) is 0 Å². The molecule has 3 nitrogen and oxygen atoms in total. The quantitative estimate of drug-likeness (QED) is 0.852. The van der Waals surface area contributed by atoms with Gasteiger partial charge in [-0.25, -0.2) is 0 Å². The van der Waals surface area contributed by atoms with Gasteiger partial charge in [-0.2, -0.15) is 0 Å². The number of rotatable bonds is 3. The van der Waals surface area contributed by atoms with Gasteiger partial charge in [0.05, 0.1) is 11.9 Å². The Morgan fingerprint density at radius 1 is 1.31 bits per heavy atom. The van der Waals surface area contributed by atoms with Crippen molar-refractivity contribution < 1.29 is 0 Å². The lowest BCUT2D eigenvalue weighted by atomic mass is 10.0. The van der Waals surface area contributed by atoms with Crippen LogP contribution in [0.5, 0.6) is 0 Å². The zero-order valence-corrected chi connectivity index (χ0v) is 9.30. The predicted molar refractivity (Wildman–Crippen MR) is 64.7 cm³/mol. The van der Waals surface area contributed by atoms with E-state index in [2.05, 4.69) is 23.0 Å². The Hall–Kier alpha value is -1.74. The average Bonchev–Trinajstić information content (AvgIpc) is 2.39. The van der Waals surface area contributed by atoms with Crippen LogP contribution >= 0.6 is 0 Å². The van der Waals surface area contributed by atoms with Crippen molar-refractivity contribution in [3.63, 3.8) is 0 Å². The van der Waals surface area contributed by atoms with Crippen molar-refractivity contribution in [2.24, 2.45) is 5.73 Å². The predicted octanol–water partition coefficient (Wildman–Crippen LogP) is 2.55. The number of aromatic nitrogens is 2. The van der Waals surface area contributed by atoms with E-state index in [1.165, 1.54) is 0 Å². The first-order chi connectivity index (χ1) is 7.81. The van der Waals surface area contributed by atoms with E-state index in [1.54, 1.807) is 18.6 Å². The maximum absolute atomic E-state index is 6.01. The van der Waals surface area contributed by atoms with E-state index in [0.717, 1.165) is 23.2 Å². The van der Waals surface area contributed by atoms with Crippen LogP contribution in [0.3, 0.4) is 0 Å². The fraction of sp³-hybridized carbons (Fsp3) is 0.231. The summed E-state index contributed by atoms with van der Waals surface area (Å²) in [7, 11) is 0. The second kappa shape index (κ2) is 4.86. The van der Waals surface area contributed by atoms with E-state index in [1.807, 2.05) is 18.2 Å². The molecule has 1 heterocycles. The molecule has 0 aliphatic rings. The Labute approximate surface area is 95.4 Å². The van der Waals surface area contributed by atoms with Crippen LogP contribution in [0.15, 0.2) is 42.9 Å². The van der Waals surface area contributed by atoms with Crippen LogP contribution in [0, 0.1) is 0 Å². The zero-order valence-electron chi connectivity index (χ0n) is 9.30. The molecule has 2 rings (SSSR count). The summed E-state index contributed by atoms with van der Waals surface area (Å²) >= 11 is 0. The molecule has 0 bridgehead atoms. The Morgan fingerprint density at radius 2 is 2.19 bits per heavy atom. The molecule has 0 saturated carbocycles. The molecule has 1 aromatic heterocycles. The third-order valence-electron chi connectivity index (χ3n) is 2.61.